The zero-order valence-corrected chi connectivity index (χ0v) is 20.3. The molecule has 1 fully saturated rings. The van der Waals surface area contributed by atoms with Crippen molar-refractivity contribution in [2.24, 2.45) is 11.7 Å². The van der Waals surface area contributed by atoms with E-state index in [1.165, 1.54) is 6.07 Å². The highest BCUT2D eigenvalue weighted by atomic mass is 32.1. The summed E-state index contributed by atoms with van der Waals surface area (Å²) in [5.74, 6) is -6.69. The predicted octanol–water partition coefficient (Wildman–Crippen LogP) is 1.01. The summed E-state index contributed by atoms with van der Waals surface area (Å²) in [6.45, 7) is 0. The van der Waals surface area contributed by atoms with Crippen LogP contribution in [0.2, 0.25) is 0 Å². The maximum absolute atomic E-state index is 13.9. The highest BCUT2D eigenvalue weighted by molar-refractivity contribution is 7.80. The number of likely N-dealkylation sites (N-methyl/N-ethyl adjacent to an activating group) is 1. The summed E-state index contributed by atoms with van der Waals surface area (Å²) >= 11 is 5.46. The van der Waals surface area contributed by atoms with Gasteiger partial charge in [0.1, 0.15) is 27.8 Å². The Labute approximate surface area is 216 Å². The van der Waals surface area contributed by atoms with Crippen LogP contribution < -0.4 is 16.0 Å². The van der Waals surface area contributed by atoms with Crippen LogP contribution in [0.3, 0.4) is 0 Å². The standard InChI is InChI=1S/C26H23N3O7S/c1-29-13-8-5-9-15(30)16(13)20(31)17-14(29)10-12-19(28-25(37)11-6-3-2-4-7-11)21(32)18(24(27)35)23(34)26(12,36)22(17)33/h2-9,12,14,19,30-31,34,36H,10H2,1H3,(H2,27,35)(H,28,37). The number of carbonyl (C=O) groups excluding carboxylic acids is 3. The third-order valence-electron chi connectivity index (χ3n) is 7.40. The molecule has 1 aliphatic heterocycles. The lowest BCUT2D eigenvalue weighted by Crippen LogP contribution is -2.68. The Bertz CT molecular complexity index is 1450. The number of hydrogen-bond donors (Lipinski definition) is 6. The summed E-state index contributed by atoms with van der Waals surface area (Å²) in [4.78, 5) is 41.3. The number of nitrogens with zero attached hydrogens (tertiary/aromatic N) is 1. The highest BCUT2D eigenvalue weighted by Crippen LogP contribution is 2.51. The lowest BCUT2D eigenvalue weighted by Gasteiger charge is -2.51. The van der Waals surface area contributed by atoms with Crippen molar-refractivity contribution in [1.29, 1.82) is 0 Å². The molecule has 0 radical (unpaired) electrons. The van der Waals surface area contributed by atoms with Gasteiger partial charge in [-0.15, -0.1) is 0 Å². The Balaban J connectivity index is 1.69. The van der Waals surface area contributed by atoms with Crippen LogP contribution in [-0.2, 0) is 14.4 Å². The van der Waals surface area contributed by atoms with Crippen molar-refractivity contribution in [3.63, 3.8) is 0 Å². The summed E-state index contributed by atoms with van der Waals surface area (Å²) in [5.41, 5.74) is 2.36. The van der Waals surface area contributed by atoms with E-state index in [0.717, 1.165) is 0 Å². The number of ketones is 2. The number of carbonyl (C=O) groups is 3. The molecule has 11 heteroatoms. The summed E-state index contributed by atoms with van der Waals surface area (Å²) < 4.78 is 0. The first-order valence-corrected chi connectivity index (χ1v) is 11.8. The lowest BCUT2D eigenvalue weighted by atomic mass is 9.60. The molecule has 7 N–H and O–H groups in total. The van der Waals surface area contributed by atoms with Crippen LogP contribution in [0.1, 0.15) is 17.5 Å². The normalized spacial score (nSPS) is 26.9. The van der Waals surface area contributed by atoms with Crippen LogP contribution in [0, 0.1) is 5.92 Å². The van der Waals surface area contributed by atoms with Crippen molar-refractivity contribution in [3.8, 4) is 5.75 Å². The number of aliphatic hydroxyl groups excluding tert-OH is 2. The molecular formula is C26H23N3O7S. The van der Waals surface area contributed by atoms with E-state index in [0.29, 0.717) is 11.3 Å². The van der Waals surface area contributed by atoms with Crippen molar-refractivity contribution >= 4 is 46.1 Å². The Hall–Kier alpha value is -4.22. The van der Waals surface area contributed by atoms with Crippen molar-refractivity contribution in [3.05, 3.63) is 76.6 Å². The molecule has 0 spiro atoms. The number of aliphatic hydroxyl groups is 3. The van der Waals surface area contributed by atoms with Gasteiger partial charge in [-0.3, -0.25) is 14.4 Å². The fourth-order valence-corrected chi connectivity index (χ4v) is 5.83. The molecule has 1 amide bonds. The highest BCUT2D eigenvalue weighted by Gasteiger charge is 2.64. The molecule has 4 unspecified atom stereocenters. The van der Waals surface area contributed by atoms with Gasteiger partial charge in [-0.1, -0.05) is 48.6 Å². The molecule has 190 valence electrons. The van der Waals surface area contributed by atoms with E-state index in [4.69, 9.17) is 18.0 Å². The second-order valence-corrected chi connectivity index (χ2v) is 9.68. The molecule has 2 aromatic rings. The van der Waals surface area contributed by atoms with Gasteiger partial charge in [0.25, 0.3) is 5.91 Å². The first kappa shape index (κ1) is 24.5. The monoisotopic (exact) mass is 521 g/mol. The largest absolute Gasteiger partial charge is 0.508 e. The number of thiocarbonyl (C=S) groups is 1. The average molecular weight is 522 g/mol. The number of amides is 1. The van der Waals surface area contributed by atoms with Crippen molar-refractivity contribution < 1.29 is 34.8 Å². The van der Waals surface area contributed by atoms with Gasteiger partial charge in [-0.05, 0) is 18.6 Å². The summed E-state index contributed by atoms with van der Waals surface area (Å²) in [7, 11) is 1.64. The van der Waals surface area contributed by atoms with Gasteiger partial charge < -0.3 is 36.4 Å². The van der Waals surface area contributed by atoms with E-state index >= 15 is 0 Å². The molecule has 0 saturated heterocycles. The number of rotatable bonds is 3. The van der Waals surface area contributed by atoms with Crippen LogP contribution in [0.15, 0.2) is 65.4 Å². The number of phenols is 1. The van der Waals surface area contributed by atoms with Crippen LogP contribution >= 0.6 is 12.2 Å². The molecule has 1 saturated carbocycles. The van der Waals surface area contributed by atoms with E-state index in [9.17, 15) is 34.8 Å². The minimum atomic E-state index is -2.77. The predicted molar refractivity (Wildman–Crippen MR) is 137 cm³/mol. The molecule has 4 atom stereocenters. The van der Waals surface area contributed by atoms with E-state index in [2.05, 4.69) is 5.32 Å². The number of fused-ring (bicyclic) bond motifs is 3. The average Bonchev–Trinajstić information content (AvgIpc) is 2.86. The topological polar surface area (TPSA) is 173 Å². The molecule has 2 aromatic carbocycles. The van der Waals surface area contributed by atoms with Crippen molar-refractivity contribution in [2.75, 3.05) is 11.9 Å². The van der Waals surface area contributed by atoms with Gasteiger partial charge in [0.15, 0.2) is 11.4 Å². The molecule has 2 aliphatic carbocycles. The van der Waals surface area contributed by atoms with Gasteiger partial charge in [-0.2, -0.15) is 0 Å². The molecule has 1 heterocycles. The maximum Gasteiger partial charge on any atom is 0.255 e. The first-order chi connectivity index (χ1) is 17.5. The number of Topliss-reactive ketones (excluding diaryl/α,β-unsaturated/α-hetero) is 2. The second-order valence-electron chi connectivity index (χ2n) is 9.27. The molecule has 0 bridgehead atoms. The van der Waals surface area contributed by atoms with E-state index in [1.807, 2.05) is 0 Å². The third kappa shape index (κ3) is 3.35. The van der Waals surface area contributed by atoms with Crippen LogP contribution in [-0.4, -0.2) is 67.6 Å². The summed E-state index contributed by atoms with van der Waals surface area (Å²) in [5, 5.41) is 47.0. The number of primary amides is 1. The van der Waals surface area contributed by atoms with Crippen LogP contribution in [0.25, 0.3) is 5.76 Å². The quantitative estimate of drug-likeness (QED) is 0.253. The summed E-state index contributed by atoms with van der Waals surface area (Å²) in [6, 6.07) is 10.9. The molecular weight excluding hydrogens is 498 g/mol. The van der Waals surface area contributed by atoms with Gasteiger partial charge in [-0.25, -0.2) is 0 Å². The Morgan fingerprint density at radius 1 is 1.11 bits per heavy atom. The zero-order valence-electron chi connectivity index (χ0n) is 19.5. The minimum Gasteiger partial charge on any atom is -0.508 e. The van der Waals surface area contributed by atoms with Gasteiger partial charge in [0.2, 0.25) is 5.78 Å². The Morgan fingerprint density at radius 3 is 2.43 bits per heavy atom. The van der Waals surface area contributed by atoms with Crippen LogP contribution in [0.4, 0.5) is 5.69 Å². The van der Waals surface area contributed by atoms with Crippen molar-refractivity contribution in [1.82, 2.24) is 5.32 Å². The first-order valence-electron chi connectivity index (χ1n) is 11.4. The molecule has 0 aromatic heterocycles. The molecule has 3 aliphatic rings. The lowest BCUT2D eigenvalue weighted by molar-refractivity contribution is -0.148. The summed E-state index contributed by atoms with van der Waals surface area (Å²) in [6.07, 6.45) is -0.107. The van der Waals surface area contributed by atoms with E-state index in [1.54, 1.807) is 54.4 Å². The minimum absolute atomic E-state index is 0.0166. The fraction of sp³-hybridized carbons (Fsp3) is 0.231. The van der Waals surface area contributed by atoms with Crippen molar-refractivity contribution in [2.45, 2.75) is 24.1 Å². The number of aromatic hydroxyl groups is 1. The van der Waals surface area contributed by atoms with Gasteiger partial charge >= 0.3 is 0 Å². The third-order valence-corrected chi connectivity index (χ3v) is 7.75. The van der Waals surface area contributed by atoms with Gasteiger partial charge in [0, 0.05) is 18.5 Å². The molecule has 37 heavy (non-hydrogen) atoms. The Morgan fingerprint density at radius 2 is 1.78 bits per heavy atom. The zero-order chi connectivity index (χ0) is 26.8. The number of anilines is 1. The number of hydrogen-bond acceptors (Lipinski definition) is 9. The van der Waals surface area contributed by atoms with E-state index in [-0.39, 0.29) is 28.3 Å². The smallest absolute Gasteiger partial charge is 0.255 e. The number of nitrogens with two attached hydrogens (primary N) is 1. The van der Waals surface area contributed by atoms with Crippen LogP contribution in [0.5, 0.6) is 5.75 Å². The number of phenolic OH excluding ortho intramolecular Hbond substituents is 1. The number of nitrogens with one attached hydrogen (secondary N) is 1. The SMILES string of the molecule is CN1c2cccc(O)c2C(O)=C2C(=O)C3(O)C(O)=C(C(N)=O)C(=O)C(NC(=S)c4ccccc4)C3CC21. The van der Waals surface area contributed by atoms with E-state index < -0.39 is 58.2 Å². The Kier molecular flexibility index (Phi) is 5.57. The maximum atomic E-state index is 13.9. The van der Waals surface area contributed by atoms with Gasteiger partial charge in [0.05, 0.1) is 28.9 Å². The fourth-order valence-electron chi connectivity index (χ4n) is 5.56. The number of benzene rings is 2. The molecule has 5 rings (SSSR count). The molecule has 10 nitrogen and oxygen atoms in total. The second kappa shape index (κ2) is 8.43.